The van der Waals surface area contributed by atoms with Crippen molar-refractivity contribution in [2.75, 3.05) is 6.61 Å². The Bertz CT molecular complexity index is 414. The largest absolute Gasteiger partial charge is 0.377 e. The van der Waals surface area contributed by atoms with Crippen molar-refractivity contribution < 1.29 is 14.2 Å². The molecule has 0 saturated carbocycles. The van der Waals surface area contributed by atoms with E-state index < -0.39 is 5.79 Å². The van der Waals surface area contributed by atoms with Gasteiger partial charge in [-0.1, -0.05) is 36.4 Å². The summed E-state index contributed by atoms with van der Waals surface area (Å²) in [6.07, 6.45) is 3.81. The number of ether oxygens (including phenoxy) is 3. The highest BCUT2D eigenvalue weighted by atomic mass is 16.7. The second-order valence-corrected chi connectivity index (χ2v) is 5.59. The quantitative estimate of drug-likeness (QED) is 0.586. The van der Waals surface area contributed by atoms with Crippen LogP contribution in [0.5, 0.6) is 0 Å². The van der Waals surface area contributed by atoms with Crippen LogP contribution in [-0.4, -0.2) is 24.6 Å². The minimum absolute atomic E-state index is 0.0675. The number of benzene rings is 1. The minimum Gasteiger partial charge on any atom is -0.377 e. The molecule has 0 aromatic heterocycles. The molecule has 0 N–H and O–H groups in total. The smallest absolute Gasteiger partial charge is 0.163 e. The van der Waals surface area contributed by atoms with Gasteiger partial charge in [-0.3, -0.25) is 0 Å². The van der Waals surface area contributed by atoms with E-state index >= 15 is 0 Å². The Hall–Kier alpha value is -1.16. The molecule has 3 nitrogen and oxygen atoms in total. The van der Waals surface area contributed by atoms with Gasteiger partial charge in [0, 0.05) is 13.0 Å². The Morgan fingerprint density at radius 1 is 1.30 bits per heavy atom. The fourth-order valence-corrected chi connectivity index (χ4v) is 2.45. The average Bonchev–Trinajstić information content (AvgIpc) is 2.43. The van der Waals surface area contributed by atoms with E-state index in [1.165, 1.54) is 5.56 Å². The van der Waals surface area contributed by atoms with Crippen LogP contribution in [0.25, 0.3) is 0 Å². The summed E-state index contributed by atoms with van der Waals surface area (Å²) in [6.45, 7) is 9.04. The van der Waals surface area contributed by atoms with Crippen molar-refractivity contribution in [1.29, 1.82) is 0 Å². The van der Waals surface area contributed by atoms with Gasteiger partial charge in [0.15, 0.2) is 5.79 Å². The molecule has 1 aliphatic heterocycles. The molecule has 1 aromatic rings. The lowest BCUT2D eigenvalue weighted by molar-refractivity contribution is -0.292. The molecule has 0 bridgehead atoms. The van der Waals surface area contributed by atoms with Crippen LogP contribution in [0.1, 0.15) is 32.3 Å². The maximum Gasteiger partial charge on any atom is 0.163 e. The molecule has 20 heavy (non-hydrogen) atoms. The van der Waals surface area contributed by atoms with Crippen molar-refractivity contribution in [2.45, 2.75) is 51.3 Å². The minimum atomic E-state index is -0.540. The summed E-state index contributed by atoms with van der Waals surface area (Å²) in [5.41, 5.74) is 1.20. The van der Waals surface area contributed by atoms with Gasteiger partial charge in [0.2, 0.25) is 0 Å². The second-order valence-electron chi connectivity index (χ2n) is 5.59. The molecule has 1 heterocycles. The molecule has 0 amide bonds. The maximum atomic E-state index is 5.91. The van der Waals surface area contributed by atoms with Crippen LogP contribution in [0.15, 0.2) is 43.0 Å². The topological polar surface area (TPSA) is 27.7 Å². The van der Waals surface area contributed by atoms with Crippen LogP contribution >= 0.6 is 0 Å². The Balaban J connectivity index is 1.72. The van der Waals surface area contributed by atoms with Crippen molar-refractivity contribution in [3.05, 3.63) is 48.6 Å². The molecule has 3 heteroatoms. The van der Waals surface area contributed by atoms with E-state index in [4.69, 9.17) is 14.2 Å². The molecular formula is C17H24O3. The molecule has 1 fully saturated rings. The van der Waals surface area contributed by atoms with Gasteiger partial charge >= 0.3 is 0 Å². The van der Waals surface area contributed by atoms with Gasteiger partial charge in [0.05, 0.1) is 18.8 Å². The first-order valence-electron chi connectivity index (χ1n) is 7.19. The highest BCUT2D eigenvalue weighted by molar-refractivity contribution is 5.13. The van der Waals surface area contributed by atoms with E-state index in [9.17, 15) is 0 Å². The number of hydrogen-bond donors (Lipinski definition) is 0. The van der Waals surface area contributed by atoms with Crippen molar-refractivity contribution >= 4 is 0 Å². The predicted molar refractivity (Wildman–Crippen MR) is 79.4 cm³/mol. The van der Waals surface area contributed by atoms with E-state index in [1.807, 2.05) is 38.1 Å². The van der Waals surface area contributed by atoms with Crippen LogP contribution in [0.3, 0.4) is 0 Å². The first-order valence-corrected chi connectivity index (χ1v) is 7.19. The molecule has 1 aliphatic rings. The fraction of sp³-hybridized carbons (Fsp3) is 0.529. The van der Waals surface area contributed by atoms with Crippen LogP contribution in [0.2, 0.25) is 0 Å². The van der Waals surface area contributed by atoms with E-state index in [-0.39, 0.29) is 12.2 Å². The molecule has 110 valence electrons. The SMILES string of the molecule is C=C[C@H]1C[C@@H](CCOCc2ccccc2)OC(C)(C)O1. The first kappa shape index (κ1) is 15.2. The third-order valence-electron chi connectivity index (χ3n) is 3.34. The van der Waals surface area contributed by atoms with Crippen molar-refractivity contribution in [1.82, 2.24) is 0 Å². The lowest BCUT2D eigenvalue weighted by Gasteiger charge is -2.39. The van der Waals surface area contributed by atoms with E-state index in [0.717, 1.165) is 12.8 Å². The van der Waals surface area contributed by atoms with Crippen LogP contribution in [-0.2, 0) is 20.8 Å². The summed E-state index contributed by atoms with van der Waals surface area (Å²) < 4.78 is 17.4. The Labute approximate surface area is 121 Å². The molecule has 1 aromatic carbocycles. The molecular weight excluding hydrogens is 252 g/mol. The molecule has 0 unspecified atom stereocenters. The summed E-state index contributed by atoms with van der Waals surface area (Å²) in [5.74, 6) is -0.540. The lowest BCUT2D eigenvalue weighted by Crippen LogP contribution is -2.44. The normalized spacial score (nSPS) is 25.3. The second kappa shape index (κ2) is 7.02. The van der Waals surface area contributed by atoms with Gasteiger partial charge in [0.25, 0.3) is 0 Å². The summed E-state index contributed by atoms with van der Waals surface area (Å²) in [4.78, 5) is 0. The van der Waals surface area contributed by atoms with Gasteiger partial charge in [-0.15, -0.1) is 6.58 Å². The van der Waals surface area contributed by atoms with Crippen LogP contribution in [0.4, 0.5) is 0 Å². The Kier molecular flexibility index (Phi) is 5.35. The third-order valence-corrected chi connectivity index (χ3v) is 3.34. The molecule has 0 aliphatic carbocycles. The molecule has 2 rings (SSSR count). The zero-order valence-corrected chi connectivity index (χ0v) is 12.4. The summed E-state index contributed by atoms with van der Waals surface area (Å²) >= 11 is 0. The zero-order valence-electron chi connectivity index (χ0n) is 12.4. The molecule has 2 atom stereocenters. The number of hydrogen-bond acceptors (Lipinski definition) is 3. The van der Waals surface area contributed by atoms with Gasteiger partial charge in [-0.2, -0.15) is 0 Å². The standard InChI is InChI=1S/C17H24O3/c1-4-15-12-16(20-17(2,3)19-15)10-11-18-13-14-8-6-5-7-9-14/h4-9,15-16H,1,10-13H2,2-3H3/t15-,16+/m0/s1. The fourth-order valence-electron chi connectivity index (χ4n) is 2.45. The van der Waals surface area contributed by atoms with E-state index in [0.29, 0.717) is 13.2 Å². The van der Waals surface area contributed by atoms with Crippen molar-refractivity contribution in [2.24, 2.45) is 0 Å². The van der Waals surface area contributed by atoms with Crippen LogP contribution in [0, 0.1) is 0 Å². The van der Waals surface area contributed by atoms with Gasteiger partial charge < -0.3 is 14.2 Å². The predicted octanol–water partition coefficient (Wildman–Crippen LogP) is 3.69. The Morgan fingerprint density at radius 3 is 2.75 bits per heavy atom. The third kappa shape index (κ3) is 4.75. The van der Waals surface area contributed by atoms with Crippen LogP contribution < -0.4 is 0 Å². The van der Waals surface area contributed by atoms with Crippen molar-refractivity contribution in [3.63, 3.8) is 0 Å². The average molecular weight is 276 g/mol. The molecule has 1 saturated heterocycles. The summed E-state index contributed by atoms with van der Waals surface area (Å²) in [7, 11) is 0. The zero-order chi connectivity index (χ0) is 14.4. The lowest BCUT2D eigenvalue weighted by atomic mass is 10.1. The monoisotopic (exact) mass is 276 g/mol. The highest BCUT2D eigenvalue weighted by Crippen LogP contribution is 2.28. The van der Waals surface area contributed by atoms with E-state index in [2.05, 4.69) is 18.7 Å². The summed E-state index contributed by atoms with van der Waals surface area (Å²) in [5, 5.41) is 0. The van der Waals surface area contributed by atoms with Gasteiger partial charge in [0.1, 0.15) is 0 Å². The van der Waals surface area contributed by atoms with Crippen molar-refractivity contribution in [3.8, 4) is 0 Å². The number of rotatable bonds is 6. The molecule has 0 spiro atoms. The highest BCUT2D eigenvalue weighted by Gasteiger charge is 2.33. The molecule has 0 radical (unpaired) electrons. The first-order chi connectivity index (χ1) is 9.59. The maximum absolute atomic E-state index is 5.91. The van der Waals surface area contributed by atoms with Gasteiger partial charge in [-0.05, 0) is 25.8 Å². The Morgan fingerprint density at radius 2 is 2.05 bits per heavy atom. The van der Waals surface area contributed by atoms with E-state index in [1.54, 1.807) is 0 Å². The summed E-state index contributed by atoms with van der Waals surface area (Å²) in [6, 6.07) is 10.2. The van der Waals surface area contributed by atoms with Gasteiger partial charge in [-0.25, -0.2) is 0 Å².